The Kier molecular flexibility index (Phi) is 5.73. The number of nitrogens with two attached hydrogens (primary N) is 1. The number of hydrogen-bond acceptors (Lipinski definition) is 4. The molecule has 1 atom stereocenters. The number of amides is 1. The van der Waals surface area contributed by atoms with Gasteiger partial charge in [-0.25, -0.2) is 4.98 Å². The number of benzene rings is 2. The van der Waals surface area contributed by atoms with Crippen LogP contribution >= 0.6 is 11.8 Å². The van der Waals surface area contributed by atoms with Crippen LogP contribution in [0.3, 0.4) is 0 Å². The molecule has 0 saturated carbocycles. The fourth-order valence-corrected chi connectivity index (χ4v) is 3.85. The molecular formula is C20H21N3O2S. The number of rotatable bonds is 7. The summed E-state index contributed by atoms with van der Waals surface area (Å²) >= 11 is 1.23. The molecule has 26 heavy (non-hydrogen) atoms. The Morgan fingerprint density at radius 3 is 2.54 bits per heavy atom. The highest BCUT2D eigenvalue weighted by atomic mass is 32.2. The van der Waals surface area contributed by atoms with Crippen molar-refractivity contribution in [3.63, 3.8) is 0 Å². The first-order valence-corrected chi connectivity index (χ1v) is 9.50. The van der Waals surface area contributed by atoms with Crippen molar-refractivity contribution in [2.24, 2.45) is 5.73 Å². The number of carbonyl (C=O) groups excluding carboxylic acids is 1. The van der Waals surface area contributed by atoms with Gasteiger partial charge in [0.1, 0.15) is 5.25 Å². The van der Waals surface area contributed by atoms with E-state index in [4.69, 9.17) is 5.73 Å². The molecule has 0 aliphatic rings. The van der Waals surface area contributed by atoms with Crippen molar-refractivity contribution in [1.82, 2.24) is 9.55 Å². The minimum absolute atomic E-state index is 0.0807. The summed E-state index contributed by atoms with van der Waals surface area (Å²) in [5, 5.41) is 0.509. The number of aromatic nitrogens is 2. The van der Waals surface area contributed by atoms with Crippen molar-refractivity contribution in [1.29, 1.82) is 0 Å². The van der Waals surface area contributed by atoms with Crippen LogP contribution in [0.25, 0.3) is 10.9 Å². The molecule has 5 nitrogen and oxygen atoms in total. The quantitative estimate of drug-likeness (QED) is 0.512. The van der Waals surface area contributed by atoms with E-state index in [9.17, 15) is 9.59 Å². The summed E-state index contributed by atoms with van der Waals surface area (Å²) in [6.07, 6.45) is 1.82. The van der Waals surface area contributed by atoms with Crippen LogP contribution in [-0.4, -0.2) is 15.5 Å². The van der Waals surface area contributed by atoms with Gasteiger partial charge in [-0.05, 0) is 24.1 Å². The molecule has 0 bridgehead atoms. The number of carbonyl (C=O) groups is 1. The number of thioether (sulfide) groups is 1. The molecule has 1 unspecified atom stereocenters. The van der Waals surface area contributed by atoms with E-state index in [1.807, 2.05) is 48.5 Å². The Morgan fingerprint density at radius 2 is 1.85 bits per heavy atom. The molecule has 0 aliphatic heterocycles. The molecule has 3 rings (SSSR count). The van der Waals surface area contributed by atoms with Crippen molar-refractivity contribution in [3.05, 3.63) is 70.5 Å². The van der Waals surface area contributed by atoms with Gasteiger partial charge in [0.15, 0.2) is 5.16 Å². The van der Waals surface area contributed by atoms with Crippen LogP contribution < -0.4 is 11.3 Å². The van der Waals surface area contributed by atoms with E-state index in [1.165, 1.54) is 11.8 Å². The minimum atomic E-state index is -0.600. The number of unbranched alkanes of at least 4 members (excludes halogenated alkanes) is 1. The number of nitrogens with zero attached hydrogens (tertiary/aromatic N) is 2. The average molecular weight is 367 g/mol. The molecular weight excluding hydrogens is 346 g/mol. The van der Waals surface area contributed by atoms with Crippen molar-refractivity contribution in [3.8, 4) is 0 Å². The fourth-order valence-electron chi connectivity index (χ4n) is 2.77. The zero-order valence-electron chi connectivity index (χ0n) is 14.6. The van der Waals surface area contributed by atoms with Gasteiger partial charge in [-0.3, -0.25) is 14.2 Å². The van der Waals surface area contributed by atoms with Gasteiger partial charge < -0.3 is 5.73 Å². The second-order valence-electron chi connectivity index (χ2n) is 6.03. The van der Waals surface area contributed by atoms with Gasteiger partial charge in [0.05, 0.1) is 10.9 Å². The maximum atomic E-state index is 12.9. The predicted octanol–water partition coefficient (Wildman–Crippen LogP) is 3.52. The van der Waals surface area contributed by atoms with Crippen LogP contribution in [0, 0.1) is 0 Å². The fraction of sp³-hybridized carbons (Fsp3) is 0.250. The molecule has 2 N–H and O–H groups in total. The van der Waals surface area contributed by atoms with Crippen molar-refractivity contribution < 1.29 is 4.79 Å². The number of primary amides is 1. The molecule has 1 heterocycles. The Labute approximate surface area is 156 Å². The van der Waals surface area contributed by atoms with E-state index in [1.54, 1.807) is 10.6 Å². The number of fused-ring (bicyclic) bond motifs is 1. The van der Waals surface area contributed by atoms with E-state index in [0.717, 1.165) is 18.4 Å². The third-order valence-electron chi connectivity index (χ3n) is 4.15. The van der Waals surface area contributed by atoms with Crippen LogP contribution in [-0.2, 0) is 11.3 Å². The van der Waals surface area contributed by atoms with Crippen LogP contribution in [0.2, 0.25) is 0 Å². The summed E-state index contributed by atoms with van der Waals surface area (Å²) in [5.41, 5.74) is 6.99. The number of para-hydroxylation sites is 1. The predicted molar refractivity (Wildman–Crippen MR) is 105 cm³/mol. The second kappa shape index (κ2) is 8.19. The highest BCUT2D eigenvalue weighted by Gasteiger charge is 2.22. The minimum Gasteiger partial charge on any atom is -0.368 e. The first-order valence-electron chi connectivity index (χ1n) is 8.62. The van der Waals surface area contributed by atoms with Crippen molar-refractivity contribution in [2.45, 2.75) is 36.7 Å². The lowest BCUT2D eigenvalue weighted by Gasteiger charge is -2.17. The van der Waals surface area contributed by atoms with E-state index >= 15 is 0 Å². The SMILES string of the molecule is CCCCn1c(SC(C(N)=O)c2ccccc2)nc2ccccc2c1=O. The summed E-state index contributed by atoms with van der Waals surface area (Å²) in [6.45, 7) is 2.64. The van der Waals surface area contributed by atoms with Gasteiger partial charge in [0.2, 0.25) is 5.91 Å². The Morgan fingerprint density at radius 1 is 1.15 bits per heavy atom. The van der Waals surface area contributed by atoms with E-state index in [-0.39, 0.29) is 5.56 Å². The number of hydrogen-bond donors (Lipinski definition) is 1. The Balaban J connectivity index is 2.10. The Hall–Kier alpha value is -2.60. The van der Waals surface area contributed by atoms with E-state index in [0.29, 0.717) is 22.6 Å². The van der Waals surface area contributed by atoms with Crippen LogP contribution in [0.5, 0.6) is 0 Å². The highest BCUT2D eigenvalue weighted by molar-refractivity contribution is 8.00. The standard InChI is InChI=1S/C20H21N3O2S/c1-2-3-13-23-19(25)15-11-7-8-12-16(15)22-20(23)26-17(18(21)24)14-9-5-4-6-10-14/h4-12,17H,2-3,13H2,1H3,(H2,21,24). The zero-order chi connectivity index (χ0) is 18.5. The summed E-state index contributed by atoms with van der Waals surface area (Å²) in [5.74, 6) is -0.453. The lowest BCUT2D eigenvalue weighted by atomic mass is 10.1. The van der Waals surface area contributed by atoms with Crippen LogP contribution in [0.4, 0.5) is 0 Å². The summed E-state index contributed by atoms with van der Waals surface area (Å²) in [7, 11) is 0. The molecule has 2 aromatic carbocycles. The maximum absolute atomic E-state index is 12.9. The summed E-state index contributed by atoms with van der Waals surface area (Å²) in [4.78, 5) is 29.7. The molecule has 0 radical (unpaired) electrons. The van der Waals surface area contributed by atoms with Crippen LogP contribution in [0.15, 0.2) is 64.5 Å². The topological polar surface area (TPSA) is 78.0 Å². The molecule has 0 fully saturated rings. The Bertz CT molecular complexity index is 970. The normalized spacial score (nSPS) is 12.2. The molecule has 1 aromatic heterocycles. The maximum Gasteiger partial charge on any atom is 0.262 e. The van der Waals surface area contributed by atoms with E-state index in [2.05, 4.69) is 11.9 Å². The van der Waals surface area contributed by atoms with Gasteiger partial charge in [-0.15, -0.1) is 0 Å². The van der Waals surface area contributed by atoms with Gasteiger partial charge in [0.25, 0.3) is 5.56 Å². The van der Waals surface area contributed by atoms with Crippen molar-refractivity contribution in [2.75, 3.05) is 0 Å². The van der Waals surface area contributed by atoms with Gasteiger partial charge >= 0.3 is 0 Å². The summed E-state index contributed by atoms with van der Waals surface area (Å²) < 4.78 is 1.66. The summed E-state index contributed by atoms with van der Waals surface area (Å²) in [6, 6.07) is 16.6. The third-order valence-corrected chi connectivity index (χ3v) is 5.41. The van der Waals surface area contributed by atoms with Crippen molar-refractivity contribution >= 4 is 28.6 Å². The largest absolute Gasteiger partial charge is 0.368 e. The van der Waals surface area contributed by atoms with E-state index < -0.39 is 11.2 Å². The first kappa shape index (κ1) is 18.2. The molecule has 1 amide bonds. The third kappa shape index (κ3) is 3.80. The second-order valence-corrected chi connectivity index (χ2v) is 7.11. The zero-order valence-corrected chi connectivity index (χ0v) is 15.4. The average Bonchev–Trinajstić information content (AvgIpc) is 2.66. The monoisotopic (exact) mass is 367 g/mol. The van der Waals surface area contributed by atoms with Gasteiger partial charge in [-0.2, -0.15) is 0 Å². The molecule has 3 aromatic rings. The highest BCUT2D eigenvalue weighted by Crippen LogP contribution is 2.34. The molecule has 134 valence electrons. The lowest BCUT2D eigenvalue weighted by molar-refractivity contribution is -0.117. The first-order chi connectivity index (χ1) is 12.6. The molecule has 0 aliphatic carbocycles. The molecule has 0 spiro atoms. The van der Waals surface area contributed by atoms with Gasteiger partial charge in [-0.1, -0.05) is 67.6 Å². The molecule has 6 heteroatoms. The smallest absolute Gasteiger partial charge is 0.262 e. The lowest BCUT2D eigenvalue weighted by Crippen LogP contribution is -2.25. The van der Waals surface area contributed by atoms with Gasteiger partial charge in [0, 0.05) is 6.54 Å². The molecule has 0 saturated heterocycles. The van der Waals surface area contributed by atoms with Crippen LogP contribution in [0.1, 0.15) is 30.6 Å².